The minimum atomic E-state index is -0.176. The van der Waals surface area contributed by atoms with Crippen molar-refractivity contribution in [3.8, 4) is 17.0 Å². The lowest BCUT2D eigenvalue weighted by molar-refractivity contribution is 0.102. The quantitative estimate of drug-likeness (QED) is 0.690. The van der Waals surface area contributed by atoms with Crippen LogP contribution in [-0.2, 0) is 0 Å². The highest BCUT2D eigenvalue weighted by molar-refractivity contribution is 7.16. The summed E-state index contributed by atoms with van der Waals surface area (Å²) >= 11 is 1.48. The lowest BCUT2D eigenvalue weighted by atomic mass is 10.1. The van der Waals surface area contributed by atoms with Crippen molar-refractivity contribution < 1.29 is 9.53 Å². The van der Waals surface area contributed by atoms with Crippen molar-refractivity contribution in [1.29, 1.82) is 0 Å². The zero-order valence-corrected chi connectivity index (χ0v) is 15.3. The number of aryl methyl sites for hydroxylation is 1. The summed E-state index contributed by atoms with van der Waals surface area (Å²) in [6, 6.07) is 17.1. The number of thiazole rings is 1. The zero-order valence-electron chi connectivity index (χ0n) is 14.4. The number of nitrogens with one attached hydrogen (secondary N) is 1. The average Bonchev–Trinajstić information content (AvgIpc) is 2.96. The van der Waals surface area contributed by atoms with E-state index in [9.17, 15) is 4.79 Å². The van der Waals surface area contributed by atoms with Gasteiger partial charge in [-0.05, 0) is 45.0 Å². The Morgan fingerprint density at radius 2 is 1.76 bits per heavy atom. The second-order valence-electron chi connectivity index (χ2n) is 5.93. The molecule has 3 aromatic rings. The maximum absolute atomic E-state index is 12.4. The second-order valence-corrected chi connectivity index (χ2v) is 7.14. The van der Waals surface area contributed by atoms with E-state index in [4.69, 9.17) is 4.74 Å². The third-order valence-electron chi connectivity index (χ3n) is 3.55. The average molecular weight is 352 g/mol. The molecule has 0 saturated carbocycles. The van der Waals surface area contributed by atoms with Crippen LogP contribution in [0.3, 0.4) is 0 Å². The van der Waals surface area contributed by atoms with E-state index < -0.39 is 0 Å². The Balaban J connectivity index is 1.73. The molecule has 2 aromatic carbocycles. The molecule has 0 aliphatic rings. The van der Waals surface area contributed by atoms with Crippen LogP contribution in [0, 0.1) is 6.92 Å². The van der Waals surface area contributed by atoms with Crippen LogP contribution in [0.4, 0.5) is 5.13 Å². The minimum Gasteiger partial charge on any atom is -0.491 e. The molecule has 1 amide bonds. The van der Waals surface area contributed by atoms with Gasteiger partial charge >= 0.3 is 0 Å². The summed E-state index contributed by atoms with van der Waals surface area (Å²) in [6.07, 6.45) is 0.106. The minimum absolute atomic E-state index is 0.106. The lowest BCUT2D eigenvalue weighted by Crippen LogP contribution is -2.12. The summed E-state index contributed by atoms with van der Waals surface area (Å²) in [5, 5.41) is 3.48. The van der Waals surface area contributed by atoms with Crippen LogP contribution in [0.5, 0.6) is 5.75 Å². The number of benzene rings is 2. The molecule has 3 rings (SSSR count). The molecule has 0 aliphatic heterocycles. The molecule has 0 fully saturated rings. The van der Waals surface area contributed by atoms with Gasteiger partial charge in [-0.1, -0.05) is 30.3 Å². The molecule has 0 aliphatic carbocycles. The number of aromatic nitrogens is 1. The largest absolute Gasteiger partial charge is 0.491 e. The molecule has 0 saturated heterocycles. The lowest BCUT2D eigenvalue weighted by Gasteiger charge is -2.09. The molecule has 1 N–H and O–H groups in total. The Hall–Kier alpha value is -2.66. The van der Waals surface area contributed by atoms with Crippen molar-refractivity contribution in [3.05, 3.63) is 65.0 Å². The van der Waals surface area contributed by atoms with Crippen molar-refractivity contribution in [2.45, 2.75) is 26.9 Å². The van der Waals surface area contributed by atoms with E-state index in [1.807, 2.05) is 51.1 Å². The molecule has 25 heavy (non-hydrogen) atoms. The fourth-order valence-corrected chi connectivity index (χ4v) is 3.27. The van der Waals surface area contributed by atoms with Crippen molar-refractivity contribution in [1.82, 2.24) is 4.98 Å². The van der Waals surface area contributed by atoms with Gasteiger partial charge in [0, 0.05) is 16.0 Å². The first-order valence-corrected chi connectivity index (χ1v) is 8.95. The van der Waals surface area contributed by atoms with Crippen LogP contribution in [0.2, 0.25) is 0 Å². The van der Waals surface area contributed by atoms with Gasteiger partial charge in [0.15, 0.2) is 5.13 Å². The van der Waals surface area contributed by atoms with Crippen LogP contribution in [0.1, 0.15) is 29.1 Å². The molecular formula is C20H20N2O2S. The standard InChI is InChI=1S/C20H20N2O2S/c1-13(2)24-17-11-9-16(10-12-17)19(23)22-20-21-18(14(3)25-20)15-7-5-4-6-8-15/h4-13H,1-3H3,(H,21,22,23). The number of carbonyl (C=O) groups is 1. The fourth-order valence-electron chi connectivity index (χ4n) is 2.44. The second kappa shape index (κ2) is 7.49. The highest BCUT2D eigenvalue weighted by Gasteiger charge is 2.13. The van der Waals surface area contributed by atoms with Crippen LogP contribution < -0.4 is 10.1 Å². The number of carbonyl (C=O) groups excluding carboxylic acids is 1. The third kappa shape index (κ3) is 4.25. The van der Waals surface area contributed by atoms with E-state index in [0.29, 0.717) is 10.7 Å². The van der Waals surface area contributed by atoms with Crippen molar-refractivity contribution in [2.24, 2.45) is 0 Å². The number of ether oxygens (including phenoxy) is 1. The number of amides is 1. The summed E-state index contributed by atoms with van der Waals surface area (Å²) in [5.74, 6) is 0.576. The first kappa shape index (κ1) is 17.2. The van der Waals surface area contributed by atoms with Crippen molar-refractivity contribution >= 4 is 22.4 Å². The molecule has 128 valence electrons. The smallest absolute Gasteiger partial charge is 0.257 e. The molecule has 0 radical (unpaired) electrons. The summed E-state index contributed by atoms with van der Waals surface area (Å²) in [7, 11) is 0. The van der Waals surface area contributed by atoms with Gasteiger partial charge in [-0.15, -0.1) is 11.3 Å². The monoisotopic (exact) mass is 352 g/mol. The number of anilines is 1. The van der Waals surface area contributed by atoms with E-state index in [1.165, 1.54) is 11.3 Å². The van der Waals surface area contributed by atoms with Gasteiger partial charge in [-0.2, -0.15) is 0 Å². The molecule has 5 heteroatoms. The Morgan fingerprint density at radius 3 is 2.40 bits per heavy atom. The van der Waals surface area contributed by atoms with Gasteiger partial charge in [0.25, 0.3) is 5.91 Å². The zero-order chi connectivity index (χ0) is 17.8. The normalized spacial score (nSPS) is 10.7. The molecule has 1 aromatic heterocycles. The van der Waals surface area contributed by atoms with Crippen LogP contribution in [-0.4, -0.2) is 17.0 Å². The molecule has 0 bridgehead atoms. The SMILES string of the molecule is Cc1sc(NC(=O)c2ccc(OC(C)C)cc2)nc1-c1ccccc1. The molecule has 0 unspecified atom stereocenters. The van der Waals surface area contributed by atoms with Crippen LogP contribution in [0.15, 0.2) is 54.6 Å². The molecular weight excluding hydrogens is 332 g/mol. The van der Waals surface area contributed by atoms with Crippen LogP contribution in [0.25, 0.3) is 11.3 Å². The molecule has 0 atom stereocenters. The molecule has 4 nitrogen and oxygen atoms in total. The van der Waals surface area contributed by atoms with Gasteiger partial charge in [-0.3, -0.25) is 10.1 Å². The highest BCUT2D eigenvalue weighted by Crippen LogP contribution is 2.30. The summed E-state index contributed by atoms with van der Waals surface area (Å²) in [4.78, 5) is 18.1. The highest BCUT2D eigenvalue weighted by atomic mass is 32.1. The number of rotatable bonds is 5. The molecule has 0 spiro atoms. The topological polar surface area (TPSA) is 51.2 Å². The number of nitrogens with zero attached hydrogens (tertiary/aromatic N) is 1. The molecule has 1 heterocycles. The summed E-state index contributed by atoms with van der Waals surface area (Å²) in [6.45, 7) is 5.94. The van der Waals surface area contributed by atoms with E-state index in [-0.39, 0.29) is 12.0 Å². The Bertz CT molecular complexity index is 855. The first-order chi connectivity index (χ1) is 12.0. The van der Waals surface area contributed by atoms with E-state index in [1.54, 1.807) is 24.3 Å². The number of hydrogen-bond acceptors (Lipinski definition) is 4. The maximum atomic E-state index is 12.4. The van der Waals surface area contributed by atoms with Gasteiger partial charge in [0.05, 0.1) is 11.8 Å². The Labute approximate surface area is 151 Å². The van der Waals surface area contributed by atoms with Gasteiger partial charge in [-0.25, -0.2) is 4.98 Å². The first-order valence-electron chi connectivity index (χ1n) is 8.14. The van der Waals surface area contributed by atoms with E-state index >= 15 is 0 Å². The van der Waals surface area contributed by atoms with Gasteiger partial charge < -0.3 is 4.74 Å². The summed E-state index contributed by atoms with van der Waals surface area (Å²) in [5.41, 5.74) is 2.53. The number of hydrogen-bond donors (Lipinski definition) is 1. The van der Waals surface area contributed by atoms with Crippen LogP contribution >= 0.6 is 11.3 Å². The Kier molecular flexibility index (Phi) is 5.14. The predicted octanol–water partition coefficient (Wildman–Crippen LogP) is 5.16. The third-order valence-corrected chi connectivity index (χ3v) is 4.44. The summed E-state index contributed by atoms with van der Waals surface area (Å²) < 4.78 is 5.59. The van der Waals surface area contributed by atoms with E-state index in [2.05, 4.69) is 10.3 Å². The van der Waals surface area contributed by atoms with Gasteiger partial charge in [0.1, 0.15) is 5.75 Å². The predicted molar refractivity (Wildman–Crippen MR) is 102 cm³/mol. The maximum Gasteiger partial charge on any atom is 0.257 e. The fraction of sp³-hybridized carbons (Fsp3) is 0.200. The van der Waals surface area contributed by atoms with E-state index in [0.717, 1.165) is 21.9 Å². The Morgan fingerprint density at radius 1 is 1.08 bits per heavy atom. The van der Waals surface area contributed by atoms with Crippen molar-refractivity contribution in [3.63, 3.8) is 0 Å². The van der Waals surface area contributed by atoms with Crippen molar-refractivity contribution in [2.75, 3.05) is 5.32 Å². The van der Waals surface area contributed by atoms with Gasteiger partial charge in [0.2, 0.25) is 0 Å².